The molecule has 0 radical (unpaired) electrons. The number of carboxylic acid groups (broad SMARTS) is 1. The fraction of sp³-hybridized carbons (Fsp3) is 0.364. The van der Waals surface area contributed by atoms with Crippen LogP contribution in [0.1, 0.15) is 54.8 Å². The molecule has 160 valence electrons. The van der Waals surface area contributed by atoms with E-state index in [1.807, 2.05) is 19.1 Å². The average Bonchev–Trinajstić information content (AvgIpc) is 2.65. The Morgan fingerprint density at radius 2 is 1.77 bits per heavy atom. The minimum atomic E-state index is -1.03. The number of ether oxygens (including phenoxy) is 1. The summed E-state index contributed by atoms with van der Waals surface area (Å²) in [5.74, 6) is -1.27. The van der Waals surface area contributed by atoms with Crippen LogP contribution in [0.15, 0.2) is 41.0 Å². The van der Waals surface area contributed by atoms with Gasteiger partial charge in [0.1, 0.15) is 16.9 Å². The van der Waals surface area contributed by atoms with Gasteiger partial charge < -0.3 is 15.2 Å². The van der Waals surface area contributed by atoms with Crippen LogP contribution in [-0.4, -0.2) is 34.4 Å². The van der Waals surface area contributed by atoms with Gasteiger partial charge in [-0.05, 0) is 40.5 Å². The monoisotopic (exact) mass is 476 g/mol. The van der Waals surface area contributed by atoms with Gasteiger partial charge in [0.25, 0.3) is 5.91 Å². The Kier molecular flexibility index (Phi) is 7.72. The Balaban J connectivity index is 2.12. The summed E-state index contributed by atoms with van der Waals surface area (Å²) in [5, 5.41) is 11.9. The Hall–Kier alpha value is -2.74. The molecule has 0 aliphatic heterocycles. The molecule has 1 heterocycles. The molecule has 0 aliphatic carbocycles. The smallest absolute Gasteiger partial charge is 0.305 e. The summed E-state index contributed by atoms with van der Waals surface area (Å²) in [6, 6.07) is 9.60. The molecule has 0 fully saturated rings. The van der Waals surface area contributed by atoms with Gasteiger partial charge in [-0.3, -0.25) is 14.4 Å². The molecule has 2 aromatic rings. The van der Waals surface area contributed by atoms with Gasteiger partial charge in [-0.1, -0.05) is 50.6 Å². The number of amides is 1. The first-order chi connectivity index (χ1) is 14.0. The Morgan fingerprint density at radius 1 is 1.13 bits per heavy atom. The lowest BCUT2D eigenvalue weighted by Crippen LogP contribution is -2.31. The first kappa shape index (κ1) is 23.5. The van der Waals surface area contributed by atoms with E-state index in [4.69, 9.17) is 4.74 Å². The molecule has 1 amide bonds. The van der Waals surface area contributed by atoms with Crippen LogP contribution in [-0.2, 0) is 9.59 Å². The molecule has 0 saturated carbocycles. The zero-order chi connectivity index (χ0) is 22.5. The molecule has 0 unspecified atom stereocenters. The molecule has 2 rings (SSSR count). The third-order valence-corrected chi connectivity index (χ3v) is 4.97. The summed E-state index contributed by atoms with van der Waals surface area (Å²) >= 11 is 3.25. The minimum Gasteiger partial charge on any atom is -0.483 e. The maximum absolute atomic E-state index is 12.7. The number of halogens is 1. The first-order valence-corrected chi connectivity index (χ1v) is 10.2. The predicted molar refractivity (Wildman–Crippen MR) is 116 cm³/mol. The molecule has 1 atom stereocenters. The number of aromatic nitrogens is 1. The number of carboxylic acids is 1. The maximum Gasteiger partial charge on any atom is 0.305 e. The van der Waals surface area contributed by atoms with E-state index in [-0.39, 0.29) is 29.1 Å². The van der Waals surface area contributed by atoms with Crippen LogP contribution in [0.2, 0.25) is 0 Å². The summed E-state index contributed by atoms with van der Waals surface area (Å²) in [6.07, 6.45) is -0.258. The van der Waals surface area contributed by atoms with Crippen LogP contribution in [0.5, 0.6) is 5.75 Å². The topological polar surface area (TPSA) is 106 Å². The highest BCUT2D eigenvalue weighted by atomic mass is 79.9. The molecular formula is C22H25BrN2O5. The minimum absolute atomic E-state index is 0.0640. The number of carbonyl (C=O) groups excluding carboxylic acids is 2. The summed E-state index contributed by atoms with van der Waals surface area (Å²) in [5.41, 5.74) is 1.30. The molecule has 1 aromatic heterocycles. The van der Waals surface area contributed by atoms with Gasteiger partial charge in [0.2, 0.25) is 0 Å². The van der Waals surface area contributed by atoms with Gasteiger partial charge in [-0.2, -0.15) is 0 Å². The molecule has 0 spiro atoms. The molecule has 0 aliphatic rings. The Bertz CT molecular complexity index is 936. The number of benzene rings is 1. The van der Waals surface area contributed by atoms with E-state index in [1.54, 1.807) is 39.0 Å². The second-order valence-corrected chi connectivity index (χ2v) is 8.73. The van der Waals surface area contributed by atoms with Gasteiger partial charge in [-0.15, -0.1) is 0 Å². The lowest BCUT2D eigenvalue weighted by molar-refractivity contribution is -0.137. The lowest BCUT2D eigenvalue weighted by atomic mass is 9.91. The second-order valence-electron chi connectivity index (χ2n) is 7.98. The normalized spacial score (nSPS) is 12.2. The Morgan fingerprint density at radius 3 is 2.30 bits per heavy atom. The van der Waals surface area contributed by atoms with E-state index >= 15 is 0 Å². The number of aryl methyl sites for hydroxylation is 1. The predicted octanol–water partition coefficient (Wildman–Crippen LogP) is 4.09. The van der Waals surface area contributed by atoms with Crippen molar-refractivity contribution in [2.75, 3.05) is 6.61 Å². The molecule has 1 aromatic carbocycles. The van der Waals surface area contributed by atoms with Crippen molar-refractivity contribution in [2.45, 2.75) is 40.2 Å². The van der Waals surface area contributed by atoms with Crippen molar-refractivity contribution in [3.63, 3.8) is 0 Å². The summed E-state index contributed by atoms with van der Waals surface area (Å²) in [6.45, 7) is 7.24. The molecule has 0 saturated heterocycles. The number of rotatable bonds is 8. The number of hydrogen-bond acceptors (Lipinski definition) is 5. The van der Waals surface area contributed by atoms with Crippen LogP contribution >= 0.6 is 15.9 Å². The van der Waals surface area contributed by atoms with Gasteiger partial charge in [-0.25, -0.2) is 4.98 Å². The van der Waals surface area contributed by atoms with Crippen molar-refractivity contribution in [2.24, 2.45) is 5.41 Å². The molecule has 0 bridgehead atoms. The first-order valence-electron chi connectivity index (χ1n) is 9.39. The zero-order valence-electron chi connectivity index (χ0n) is 17.4. The van der Waals surface area contributed by atoms with Crippen LogP contribution < -0.4 is 10.1 Å². The van der Waals surface area contributed by atoms with Crippen molar-refractivity contribution in [3.8, 4) is 5.75 Å². The van der Waals surface area contributed by atoms with E-state index < -0.39 is 23.3 Å². The number of nitrogens with one attached hydrogen (secondary N) is 1. The van der Waals surface area contributed by atoms with E-state index in [9.17, 15) is 19.5 Å². The highest BCUT2D eigenvalue weighted by Crippen LogP contribution is 2.25. The number of ketones is 1. The molecule has 30 heavy (non-hydrogen) atoms. The number of nitrogens with zero attached hydrogens (tertiary/aromatic N) is 1. The summed E-state index contributed by atoms with van der Waals surface area (Å²) < 4.78 is 5.79. The summed E-state index contributed by atoms with van der Waals surface area (Å²) in [7, 11) is 0. The van der Waals surface area contributed by atoms with Gasteiger partial charge in [0, 0.05) is 5.41 Å². The SMILES string of the molecule is Cc1ccc([C@H](CC(=O)O)NC(=O)c2ccc(OCC(=O)C(C)(C)C)c(Br)n2)cc1. The largest absolute Gasteiger partial charge is 0.483 e. The molecular weight excluding hydrogens is 452 g/mol. The third-order valence-electron chi connectivity index (χ3n) is 4.41. The van der Waals surface area contributed by atoms with Crippen LogP contribution in [0, 0.1) is 12.3 Å². The fourth-order valence-electron chi connectivity index (χ4n) is 2.47. The fourth-order valence-corrected chi connectivity index (χ4v) is 2.91. The number of pyridine rings is 1. The van der Waals surface area contributed by atoms with E-state index in [2.05, 4.69) is 26.2 Å². The van der Waals surface area contributed by atoms with Crippen molar-refractivity contribution in [1.29, 1.82) is 0 Å². The summed E-state index contributed by atoms with van der Waals surface area (Å²) in [4.78, 5) is 40.1. The van der Waals surface area contributed by atoms with Crippen molar-refractivity contribution < 1.29 is 24.2 Å². The number of carbonyl (C=O) groups is 3. The van der Waals surface area contributed by atoms with Gasteiger partial charge in [0.05, 0.1) is 12.5 Å². The highest BCUT2D eigenvalue weighted by Gasteiger charge is 2.23. The van der Waals surface area contributed by atoms with Crippen molar-refractivity contribution >= 4 is 33.6 Å². The Labute approximate surface area is 184 Å². The zero-order valence-corrected chi connectivity index (χ0v) is 18.9. The molecule has 2 N–H and O–H groups in total. The third kappa shape index (κ3) is 6.66. The molecule has 8 heteroatoms. The van der Waals surface area contributed by atoms with Gasteiger partial charge in [0.15, 0.2) is 11.5 Å². The lowest BCUT2D eigenvalue weighted by Gasteiger charge is -2.18. The van der Waals surface area contributed by atoms with E-state index in [0.717, 1.165) is 5.56 Å². The van der Waals surface area contributed by atoms with Crippen LogP contribution in [0.25, 0.3) is 0 Å². The van der Waals surface area contributed by atoms with Crippen LogP contribution in [0.3, 0.4) is 0 Å². The molecule has 7 nitrogen and oxygen atoms in total. The van der Waals surface area contributed by atoms with Crippen LogP contribution in [0.4, 0.5) is 0 Å². The highest BCUT2D eigenvalue weighted by molar-refractivity contribution is 9.10. The number of hydrogen-bond donors (Lipinski definition) is 2. The average molecular weight is 477 g/mol. The van der Waals surface area contributed by atoms with Crippen molar-refractivity contribution in [1.82, 2.24) is 10.3 Å². The van der Waals surface area contributed by atoms with E-state index in [0.29, 0.717) is 11.3 Å². The van der Waals surface area contributed by atoms with Gasteiger partial charge >= 0.3 is 5.97 Å². The number of aliphatic carboxylic acids is 1. The quantitative estimate of drug-likeness (QED) is 0.555. The van der Waals surface area contributed by atoms with E-state index in [1.165, 1.54) is 6.07 Å². The standard InChI is InChI=1S/C22H25BrN2O5/c1-13-5-7-14(8-6-13)16(11-19(27)28)25-21(29)15-9-10-17(20(23)24-15)30-12-18(26)22(2,3)4/h5-10,16H,11-12H2,1-4H3,(H,25,29)(H,27,28)/t16-/m0/s1. The van der Waals surface area contributed by atoms with Crippen molar-refractivity contribution in [3.05, 3.63) is 57.8 Å². The maximum atomic E-state index is 12.7. The second kappa shape index (κ2) is 9.84. The number of Topliss-reactive ketones (excluding diaryl/α,β-unsaturated/α-hetero) is 1.